The standard InChI is InChI=1S/C25H41ClN2O/c1-3-5-17-29-25-16-15-24(27-28-25)22-13-9-20(10-14-22)18-23(26)21-11-7-19(6-4-2)8-12-21/h15-16,19-23H,3-14,17-18H2,1-2H3/t19-,20-,21-,22-,23?. The average molecular weight is 421 g/mol. The molecule has 2 aliphatic carbocycles. The molecule has 1 atom stereocenters. The van der Waals surface area contributed by atoms with E-state index in [1.165, 1.54) is 70.6 Å². The van der Waals surface area contributed by atoms with E-state index in [-0.39, 0.29) is 0 Å². The first-order valence-corrected chi connectivity index (χ1v) is 12.7. The molecule has 1 heterocycles. The highest BCUT2D eigenvalue weighted by Crippen LogP contribution is 2.41. The maximum absolute atomic E-state index is 6.90. The van der Waals surface area contributed by atoms with Gasteiger partial charge in [-0.3, -0.25) is 0 Å². The lowest BCUT2D eigenvalue weighted by atomic mass is 9.74. The molecule has 3 nitrogen and oxygen atoms in total. The van der Waals surface area contributed by atoms with Crippen molar-refractivity contribution in [3.63, 3.8) is 0 Å². The summed E-state index contributed by atoms with van der Waals surface area (Å²) in [6.07, 6.45) is 16.7. The van der Waals surface area contributed by atoms with Gasteiger partial charge in [0.1, 0.15) is 0 Å². The highest BCUT2D eigenvalue weighted by atomic mass is 35.5. The van der Waals surface area contributed by atoms with E-state index in [4.69, 9.17) is 16.3 Å². The molecule has 0 aliphatic heterocycles. The Kier molecular flexibility index (Phi) is 9.55. The van der Waals surface area contributed by atoms with Crippen molar-refractivity contribution < 1.29 is 4.74 Å². The summed E-state index contributed by atoms with van der Waals surface area (Å²) in [6.45, 7) is 5.21. The molecule has 2 aliphatic rings. The van der Waals surface area contributed by atoms with Crippen LogP contribution in [0, 0.1) is 17.8 Å². The molecule has 164 valence electrons. The van der Waals surface area contributed by atoms with Crippen LogP contribution in [0.4, 0.5) is 0 Å². The number of alkyl halides is 1. The zero-order chi connectivity index (χ0) is 20.5. The van der Waals surface area contributed by atoms with Gasteiger partial charge in [0, 0.05) is 17.4 Å². The largest absolute Gasteiger partial charge is 0.477 e. The van der Waals surface area contributed by atoms with Gasteiger partial charge in [-0.25, -0.2) is 0 Å². The van der Waals surface area contributed by atoms with Crippen LogP contribution < -0.4 is 4.74 Å². The number of hydrogen-bond acceptors (Lipinski definition) is 3. The molecule has 0 bridgehead atoms. The van der Waals surface area contributed by atoms with Crippen LogP contribution in [0.5, 0.6) is 5.88 Å². The molecule has 0 amide bonds. The predicted molar refractivity (Wildman–Crippen MR) is 122 cm³/mol. The number of nitrogens with zero attached hydrogens (tertiary/aromatic N) is 2. The van der Waals surface area contributed by atoms with Crippen LogP contribution in [0.1, 0.15) is 109 Å². The SMILES string of the molecule is CCCCOc1ccc([C@H]2CC[C@H](CC(Cl)[C@H]3CC[C@H](CCC)CC3)CC2)nn1. The lowest BCUT2D eigenvalue weighted by Crippen LogP contribution is -2.25. The minimum Gasteiger partial charge on any atom is -0.477 e. The smallest absolute Gasteiger partial charge is 0.233 e. The van der Waals surface area contributed by atoms with E-state index in [0.717, 1.165) is 42.9 Å². The van der Waals surface area contributed by atoms with E-state index in [0.29, 0.717) is 17.2 Å². The summed E-state index contributed by atoms with van der Waals surface area (Å²) in [5.41, 5.74) is 1.14. The van der Waals surface area contributed by atoms with Crippen molar-refractivity contribution in [1.82, 2.24) is 10.2 Å². The van der Waals surface area contributed by atoms with E-state index < -0.39 is 0 Å². The van der Waals surface area contributed by atoms with E-state index >= 15 is 0 Å². The van der Waals surface area contributed by atoms with Crippen molar-refractivity contribution in [1.29, 1.82) is 0 Å². The predicted octanol–water partition coefficient (Wildman–Crippen LogP) is 7.53. The molecule has 2 saturated carbocycles. The number of ether oxygens (including phenoxy) is 1. The van der Waals surface area contributed by atoms with Crippen LogP contribution in [0.15, 0.2) is 12.1 Å². The highest BCUT2D eigenvalue weighted by Gasteiger charge is 2.30. The number of halogens is 1. The maximum Gasteiger partial charge on any atom is 0.233 e. The lowest BCUT2D eigenvalue weighted by molar-refractivity contribution is 0.227. The fourth-order valence-electron chi connectivity index (χ4n) is 5.40. The molecule has 0 aromatic carbocycles. The molecule has 0 N–H and O–H groups in total. The van der Waals surface area contributed by atoms with Gasteiger partial charge in [-0.2, -0.15) is 5.10 Å². The van der Waals surface area contributed by atoms with Crippen LogP contribution in [0.2, 0.25) is 0 Å². The van der Waals surface area contributed by atoms with Crippen molar-refractivity contribution in [3.8, 4) is 5.88 Å². The van der Waals surface area contributed by atoms with Crippen molar-refractivity contribution in [2.45, 2.75) is 109 Å². The fraction of sp³-hybridized carbons (Fsp3) is 0.840. The van der Waals surface area contributed by atoms with Gasteiger partial charge in [-0.05, 0) is 75.2 Å². The van der Waals surface area contributed by atoms with Crippen molar-refractivity contribution in [2.75, 3.05) is 6.61 Å². The number of aromatic nitrogens is 2. The van der Waals surface area contributed by atoms with Gasteiger partial charge in [-0.1, -0.05) is 46.0 Å². The number of rotatable bonds is 10. The lowest BCUT2D eigenvalue weighted by Gasteiger charge is -2.34. The Labute approximate surface area is 183 Å². The molecule has 1 unspecified atom stereocenters. The third kappa shape index (κ3) is 7.12. The number of hydrogen-bond donors (Lipinski definition) is 0. The van der Waals surface area contributed by atoms with Gasteiger partial charge in [0.05, 0.1) is 12.3 Å². The Balaban J connectivity index is 1.38. The average Bonchev–Trinajstić information content (AvgIpc) is 2.76. The minimum absolute atomic E-state index is 0.387. The van der Waals surface area contributed by atoms with Gasteiger partial charge < -0.3 is 4.74 Å². The molecule has 0 saturated heterocycles. The third-order valence-electron chi connectivity index (χ3n) is 7.33. The topological polar surface area (TPSA) is 35.0 Å². The van der Waals surface area contributed by atoms with Crippen LogP contribution in [0.25, 0.3) is 0 Å². The van der Waals surface area contributed by atoms with Gasteiger partial charge in [0.25, 0.3) is 0 Å². The van der Waals surface area contributed by atoms with Gasteiger partial charge >= 0.3 is 0 Å². The summed E-state index contributed by atoms with van der Waals surface area (Å²) >= 11 is 6.90. The molecule has 4 heteroatoms. The second-order valence-electron chi connectivity index (χ2n) is 9.54. The third-order valence-corrected chi connectivity index (χ3v) is 7.87. The molecule has 29 heavy (non-hydrogen) atoms. The first kappa shape index (κ1) is 22.8. The summed E-state index contributed by atoms with van der Waals surface area (Å²) in [5, 5.41) is 9.13. The monoisotopic (exact) mass is 420 g/mol. The fourth-order valence-corrected chi connectivity index (χ4v) is 5.90. The van der Waals surface area contributed by atoms with Gasteiger partial charge in [0.2, 0.25) is 5.88 Å². The van der Waals surface area contributed by atoms with Crippen LogP contribution >= 0.6 is 11.6 Å². The second-order valence-corrected chi connectivity index (χ2v) is 10.1. The van der Waals surface area contributed by atoms with Gasteiger partial charge in [-0.15, -0.1) is 16.7 Å². The molecular formula is C25H41ClN2O. The summed E-state index contributed by atoms with van der Waals surface area (Å²) in [4.78, 5) is 0. The Morgan fingerprint density at radius 1 is 0.931 bits per heavy atom. The molecule has 0 spiro atoms. The van der Waals surface area contributed by atoms with Crippen LogP contribution in [-0.4, -0.2) is 22.2 Å². The summed E-state index contributed by atoms with van der Waals surface area (Å²) in [7, 11) is 0. The Morgan fingerprint density at radius 2 is 1.66 bits per heavy atom. The Bertz CT molecular complexity index is 563. The minimum atomic E-state index is 0.387. The molecule has 2 fully saturated rings. The first-order chi connectivity index (χ1) is 14.2. The van der Waals surface area contributed by atoms with E-state index in [9.17, 15) is 0 Å². The van der Waals surface area contributed by atoms with Crippen molar-refractivity contribution in [3.05, 3.63) is 17.8 Å². The van der Waals surface area contributed by atoms with E-state index in [1.54, 1.807) is 0 Å². The van der Waals surface area contributed by atoms with Crippen LogP contribution in [0.3, 0.4) is 0 Å². The molecule has 1 aromatic rings. The van der Waals surface area contributed by atoms with Crippen molar-refractivity contribution in [2.24, 2.45) is 17.8 Å². The quantitative estimate of drug-likeness (QED) is 0.289. The zero-order valence-corrected chi connectivity index (χ0v) is 19.4. The molecule has 0 radical (unpaired) electrons. The zero-order valence-electron chi connectivity index (χ0n) is 18.6. The summed E-state index contributed by atoms with van der Waals surface area (Å²) in [6, 6.07) is 4.12. The Morgan fingerprint density at radius 3 is 2.28 bits per heavy atom. The molecule has 3 rings (SSSR count). The van der Waals surface area contributed by atoms with Crippen molar-refractivity contribution >= 4 is 11.6 Å². The van der Waals surface area contributed by atoms with E-state index in [1.807, 2.05) is 6.07 Å². The second kappa shape index (κ2) is 12.1. The van der Waals surface area contributed by atoms with Crippen LogP contribution in [-0.2, 0) is 0 Å². The van der Waals surface area contributed by atoms with Gasteiger partial charge in [0.15, 0.2) is 0 Å². The molecule has 1 aromatic heterocycles. The Hall–Kier alpha value is -0.830. The highest BCUT2D eigenvalue weighted by molar-refractivity contribution is 6.20. The number of unbranched alkanes of at least 4 members (excludes halogenated alkanes) is 1. The first-order valence-electron chi connectivity index (χ1n) is 12.3. The summed E-state index contributed by atoms with van der Waals surface area (Å²) < 4.78 is 5.64. The molecular weight excluding hydrogens is 380 g/mol. The van der Waals surface area contributed by atoms with E-state index in [2.05, 4.69) is 30.1 Å². The summed E-state index contributed by atoms with van der Waals surface area (Å²) in [5.74, 6) is 3.75. The maximum atomic E-state index is 6.90. The normalized spacial score (nSPS) is 28.8.